The molecule has 2 heterocycles. The number of methoxy groups -OCH3 is 1. The first-order valence-corrected chi connectivity index (χ1v) is 8.94. The summed E-state index contributed by atoms with van der Waals surface area (Å²) in [4.78, 5) is 4.28. The molecule has 0 spiro atoms. The van der Waals surface area contributed by atoms with E-state index in [0.717, 1.165) is 30.3 Å². The highest BCUT2D eigenvalue weighted by atomic mass is 16.5. The monoisotopic (exact) mass is 358 g/mol. The summed E-state index contributed by atoms with van der Waals surface area (Å²) in [5.74, 6) is 4.07. The van der Waals surface area contributed by atoms with Gasteiger partial charge in [-0.2, -0.15) is 0 Å². The predicted octanol–water partition coefficient (Wildman–Crippen LogP) is 2.21. The summed E-state index contributed by atoms with van der Waals surface area (Å²) in [6.45, 7) is 4.08. The molecule has 1 aromatic carbocycles. The van der Waals surface area contributed by atoms with Crippen molar-refractivity contribution in [3.63, 3.8) is 0 Å². The van der Waals surface area contributed by atoms with Crippen molar-refractivity contribution in [2.24, 2.45) is 4.99 Å². The third-order valence-corrected chi connectivity index (χ3v) is 4.30. The van der Waals surface area contributed by atoms with Gasteiger partial charge in [0.15, 0.2) is 23.3 Å². The van der Waals surface area contributed by atoms with Gasteiger partial charge in [0.25, 0.3) is 0 Å². The van der Waals surface area contributed by atoms with Gasteiger partial charge in [-0.3, -0.25) is 4.99 Å². The highest BCUT2D eigenvalue weighted by Crippen LogP contribution is 2.30. The Morgan fingerprint density at radius 1 is 1.27 bits per heavy atom. The van der Waals surface area contributed by atoms with Crippen LogP contribution in [0.1, 0.15) is 31.4 Å². The molecule has 0 bridgehead atoms. The van der Waals surface area contributed by atoms with Crippen LogP contribution in [0.4, 0.5) is 5.69 Å². The summed E-state index contributed by atoms with van der Waals surface area (Å²) >= 11 is 0. The molecule has 8 nitrogen and oxygen atoms in total. The minimum Gasteiger partial charge on any atom is -0.493 e. The van der Waals surface area contributed by atoms with Crippen molar-refractivity contribution in [3.8, 4) is 11.5 Å². The number of aryl methyl sites for hydroxylation is 1. The molecule has 0 unspecified atom stereocenters. The Balaban J connectivity index is 1.65. The smallest absolute Gasteiger partial charge is 0.195 e. The van der Waals surface area contributed by atoms with Crippen molar-refractivity contribution in [1.29, 1.82) is 0 Å². The van der Waals surface area contributed by atoms with E-state index in [2.05, 4.69) is 30.4 Å². The number of aromatic nitrogens is 3. The lowest BCUT2D eigenvalue weighted by atomic mass is 10.2. The van der Waals surface area contributed by atoms with Crippen LogP contribution in [0, 0.1) is 0 Å². The Bertz CT molecular complexity index is 771. The second-order valence-electron chi connectivity index (χ2n) is 5.99. The lowest BCUT2D eigenvalue weighted by Crippen LogP contribution is -2.31. The van der Waals surface area contributed by atoms with Gasteiger partial charge in [0.05, 0.1) is 20.3 Å². The van der Waals surface area contributed by atoms with E-state index in [4.69, 9.17) is 9.47 Å². The molecule has 0 atom stereocenters. The number of guanidine groups is 1. The average molecular weight is 358 g/mol. The van der Waals surface area contributed by atoms with Crippen LogP contribution in [0.25, 0.3) is 0 Å². The zero-order valence-corrected chi connectivity index (χ0v) is 15.6. The Labute approximate surface area is 153 Å². The standard InChI is InChI=1S/C18H26N6O2/c1-4-26-15-11-13(8-9-14(15)25-3)21-18(19-2)20-12-17-23-22-16-7-5-6-10-24(16)17/h8-9,11H,4-7,10,12H2,1-3H3,(H2,19,20,21). The van der Waals surface area contributed by atoms with Crippen LogP contribution in [0.5, 0.6) is 11.5 Å². The number of nitrogens with zero attached hydrogens (tertiary/aromatic N) is 4. The molecule has 1 aromatic heterocycles. The largest absolute Gasteiger partial charge is 0.493 e. The fourth-order valence-corrected chi connectivity index (χ4v) is 3.00. The average Bonchev–Trinajstić information content (AvgIpc) is 3.09. The lowest BCUT2D eigenvalue weighted by molar-refractivity contribution is 0.311. The zero-order valence-electron chi connectivity index (χ0n) is 15.6. The molecule has 1 aliphatic heterocycles. The van der Waals surface area contributed by atoms with Crippen LogP contribution in [-0.4, -0.2) is 41.5 Å². The van der Waals surface area contributed by atoms with Gasteiger partial charge >= 0.3 is 0 Å². The first kappa shape index (κ1) is 18.0. The van der Waals surface area contributed by atoms with Crippen molar-refractivity contribution in [2.75, 3.05) is 26.1 Å². The summed E-state index contributed by atoms with van der Waals surface area (Å²) in [5.41, 5.74) is 0.866. The fourth-order valence-electron chi connectivity index (χ4n) is 3.00. The van der Waals surface area contributed by atoms with E-state index in [1.54, 1.807) is 14.2 Å². The minimum absolute atomic E-state index is 0.571. The molecular weight excluding hydrogens is 332 g/mol. The van der Waals surface area contributed by atoms with Gasteiger partial charge in [-0.05, 0) is 31.9 Å². The summed E-state index contributed by atoms with van der Waals surface area (Å²) < 4.78 is 13.1. The van der Waals surface area contributed by atoms with Crippen LogP contribution >= 0.6 is 0 Å². The first-order chi connectivity index (χ1) is 12.7. The molecule has 0 radical (unpaired) electrons. The molecule has 8 heteroatoms. The number of ether oxygens (including phenoxy) is 2. The van der Waals surface area contributed by atoms with Gasteiger partial charge in [0.1, 0.15) is 5.82 Å². The normalized spacial score (nSPS) is 13.9. The van der Waals surface area contributed by atoms with Crippen LogP contribution in [0.2, 0.25) is 0 Å². The minimum atomic E-state index is 0.571. The summed E-state index contributed by atoms with van der Waals surface area (Å²) in [5, 5.41) is 15.1. The van der Waals surface area contributed by atoms with E-state index in [9.17, 15) is 0 Å². The maximum atomic E-state index is 5.62. The van der Waals surface area contributed by atoms with Crippen LogP contribution < -0.4 is 20.1 Å². The third kappa shape index (κ3) is 4.07. The van der Waals surface area contributed by atoms with E-state index in [0.29, 0.717) is 30.6 Å². The SMILES string of the molecule is CCOc1cc(NC(=NC)NCc2nnc3n2CCCC3)ccc1OC. The number of aliphatic imine (C=N–C) groups is 1. The number of nitrogens with one attached hydrogen (secondary N) is 2. The number of fused-ring (bicyclic) bond motifs is 1. The molecule has 3 rings (SSSR count). The van der Waals surface area contributed by atoms with Crippen molar-refractivity contribution in [1.82, 2.24) is 20.1 Å². The number of hydrogen-bond acceptors (Lipinski definition) is 5. The molecule has 0 amide bonds. The molecule has 26 heavy (non-hydrogen) atoms. The summed E-state index contributed by atoms with van der Waals surface area (Å²) in [6, 6.07) is 5.69. The number of rotatable bonds is 6. The maximum Gasteiger partial charge on any atom is 0.195 e. The number of anilines is 1. The van der Waals surface area contributed by atoms with Crippen molar-refractivity contribution < 1.29 is 9.47 Å². The first-order valence-electron chi connectivity index (χ1n) is 8.94. The Hall–Kier alpha value is -2.77. The Kier molecular flexibility index (Phi) is 5.93. The van der Waals surface area contributed by atoms with Gasteiger partial charge in [-0.15, -0.1) is 10.2 Å². The van der Waals surface area contributed by atoms with Crippen LogP contribution in [-0.2, 0) is 19.5 Å². The molecule has 140 valence electrons. The van der Waals surface area contributed by atoms with Gasteiger partial charge in [0, 0.05) is 31.8 Å². The second kappa shape index (κ2) is 8.55. The zero-order chi connectivity index (χ0) is 18.4. The van der Waals surface area contributed by atoms with Gasteiger partial charge in [0.2, 0.25) is 0 Å². The molecule has 2 N–H and O–H groups in total. The lowest BCUT2D eigenvalue weighted by Gasteiger charge is -2.16. The quantitative estimate of drug-likeness (QED) is 0.608. The summed E-state index contributed by atoms with van der Waals surface area (Å²) in [6.07, 6.45) is 3.37. The van der Waals surface area contributed by atoms with Gasteiger partial charge in [-0.1, -0.05) is 0 Å². The van der Waals surface area contributed by atoms with Crippen molar-refractivity contribution in [3.05, 3.63) is 29.8 Å². The Morgan fingerprint density at radius 2 is 2.15 bits per heavy atom. The van der Waals surface area contributed by atoms with Crippen molar-refractivity contribution in [2.45, 2.75) is 39.3 Å². The van der Waals surface area contributed by atoms with E-state index in [1.807, 2.05) is 25.1 Å². The van der Waals surface area contributed by atoms with E-state index in [1.165, 1.54) is 12.8 Å². The topological polar surface area (TPSA) is 85.6 Å². The highest BCUT2D eigenvalue weighted by molar-refractivity contribution is 5.93. The summed E-state index contributed by atoms with van der Waals surface area (Å²) in [7, 11) is 3.37. The van der Waals surface area contributed by atoms with E-state index >= 15 is 0 Å². The van der Waals surface area contributed by atoms with Gasteiger partial charge in [-0.25, -0.2) is 0 Å². The molecule has 0 fully saturated rings. The fraction of sp³-hybridized carbons (Fsp3) is 0.500. The number of hydrogen-bond donors (Lipinski definition) is 2. The van der Waals surface area contributed by atoms with Gasteiger partial charge < -0.3 is 24.7 Å². The molecule has 0 saturated carbocycles. The van der Waals surface area contributed by atoms with E-state index in [-0.39, 0.29) is 0 Å². The Morgan fingerprint density at radius 3 is 2.92 bits per heavy atom. The van der Waals surface area contributed by atoms with Crippen LogP contribution in [0.15, 0.2) is 23.2 Å². The number of benzene rings is 1. The third-order valence-electron chi connectivity index (χ3n) is 4.30. The van der Waals surface area contributed by atoms with E-state index < -0.39 is 0 Å². The molecule has 0 aliphatic carbocycles. The molecule has 1 aliphatic rings. The second-order valence-corrected chi connectivity index (χ2v) is 5.99. The van der Waals surface area contributed by atoms with Crippen LogP contribution in [0.3, 0.4) is 0 Å². The molecule has 2 aromatic rings. The maximum absolute atomic E-state index is 5.62. The molecular formula is C18H26N6O2. The highest BCUT2D eigenvalue weighted by Gasteiger charge is 2.15. The molecule has 0 saturated heterocycles. The van der Waals surface area contributed by atoms with Crippen molar-refractivity contribution >= 4 is 11.6 Å². The predicted molar refractivity (Wildman–Crippen MR) is 101 cm³/mol.